The van der Waals surface area contributed by atoms with Crippen LogP contribution in [0.15, 0.2) is 40.2 Å². The van der Waals surface area contributed by atoms with E-state index in [1.54, 1.807) is 51.2 Å². The number of carboxylic acid groups (broad SMARTS) is 1. The maximum atomic E-state index is 13.1. The molecule has 2 aromatic carbocycles. The number of nitrogens with zero attached hydrogens (tertiary/aromatic N) is 4. The Bertz CT molecular complexity index is 1360. The predicted molar refractivity (Wildman–Crippen MR) is 147 cm³/mol. The number of hydrogen-bond acceptors (Lipinski definition) is 7. The number of likely N-dealkylation sites (N-methyl/N-ethyl adjacent to an activating group) is 2. The van der Waals surface area contributed by atoms with Gasteiger partial charge in [-0.3, -0.25) is 14.7 Å². The van der Waals surface area contributed by atoms with Crippen molar-refractivity contribution in [3.05, 3.63) is 57.6 Å². The average Bonchev–Trinajstić information content (AvgIpc) is 3.37. The monoisotopic (exact) mass is 580 g/mol. The fourth-order valence-electron chi connectivity index (χ4n) is 4.21. The molecule has 1 heterocycles. The summed E-state index contributed by atoms with van der Waals surface area (Å²) in [7, 11) is 0.836. The molecule has 2 aromatic rings. The number of amides is 2. The molecule has 11 nitrogen and oxygen atoms in total. The number of halogens is 1. The van der Waals surface area contributed by atoms with Gasteiger partial charge in [0.15, 0.2) is 0 Å². The molecule has 0 unspecified atom stereocenters. The van der Waals surface area contributed by atoms with Crippen molar-refractivity contribution >= 4 is 39.5 Å². The van der Waals surface area contributed by atoms with Gasteiger partial charge >= 0.3 is 6.09 Å². The van der Waals surface area contributed by atoms with Gasteiger partial charge in [-0.1, -0.05) is 23.7 Å². The number of ether oxygens (including phenoxy) is 2. The Kier molecular flexibility index (Phi) is 9.94. The van der Waals surface area contributed by atoms with Gasteiger partial charge in [0.25, 0.3) is 0 Å². The van der Waals surface area contributed by atoms with E-state index in [0.717, 1.165) is 0 Å². The first-order chi connectivity index (χ1) is 18.4. The Morgan fingerprint density at radius 2 is 1.82 bits per heavy atom. The molecule has 0 spiro atoms. The van der Waals surface area contributed by atoms with Crippen LogP contribution in [0.1, 0.15) is 22.3 Å². The highest BCUT2D eigenvalue weighted by Crippen LogP contribution is 2.27. The summed E-state index contributed by atoms with van der Waals surface area (Å²) in [5.74, 6) is 0.626. The number of benzene rings is 2. The number of aliphatic imine (C=N–C) groups is 1. The molecule has 0 bridgehead atoms. The van der Waals surface area contributed by atoms with Gasteiger partial charge in [0.2, 0.25) is 15.9 Å². The van der Waals surface area contributed by atoms with E-state index in [1.807, 2.05) is 0 Å². The number of carbonyl (C=O) groups is 2. The average molecular weight is 581 g/mol. The first kappa shape index (κ1) is 30.4. The van der Waals surface area contributed by atoms with Crippen molar-refractivity contribution in [2.45, 2.75) is 25.3 Å². The molecule has 0 aliphatic carbocycles. The van der Waals surface area contributed by atoms with Gasteiger partial charge in [-0.2, -0.15) is 4.31 Å². The Hall–Kier alpha value is -3.19. The lowest BCUT2D eigenvalue weighted by Crippen LogP contribution is -2.34. The molecular formula is C26H33ClN4O7S. The third-order valence-electron chi connectivity index (χ3n) is 6.33. The van der Waals surface area contributed by atoms with Crippen LogP contribution in [0.5, 0.6) is 5.75 Å². The second-order valence-electron chi connectivity index (χ2n) is 9.17. The van der Waals surface area contributed by atoms with E-state index in [-0.39, 0.29) is 37.1 Å². The van der Waals surface area contributed by atoms with Crippen molar-refractivity contribution in [2.75, 3.05) is 54.1 Å². The van der Waals surface area contributed by atoms with Gasteiger partial charge < -0.3 is 19.5 Å². The van der Waals surface area contributed by atoms with E-state index in [9.17, 15) is 23.1 Å². The summed E-state index contributed by atoms with van der Waals surface area (Å²) >= 11 is 6.42. The molecule has 0 saturated carbocycles. The van der Waals surface area contributed by atoms with Crippen molar-refractivity contribution < 1.29 is 32.6 Å². The molecule has 1 N–H and O–H groups in total. The van der Waals surface area contributed by atoms with Gasteiger partial charge in [0, 0.05) is 37.8 Å². The smallest absolute Gasteiger partial charge is 0.413 e. The van der Waals surface area contributed by atoms with Gasteiger partial charge in [0.1, 0.15) is 18.2 Å². The number of rotatable bonds is 11. The minimum atomic E-state index is -3.76. The maximum Gasteiger partial charge on any atom is 0.413 e. The Balaban J connectivity index is 1.52. The third-order valence-corrected chi connectivity index (χ3v) is 8.85. The standard InChI is InChI=1S/C26H33ClN4O7S/c1-17-12-21(37-5)13-18(2)24(17)39(35,36)30(4)10-11-38-16-23(32)29(3)15-20-7-6-19(14-22(20)27)25-28-8-9-31(25)26(33)34/h6-7,12-14H,8-11,15-16H2,1-5H3,(H,33,34). The molecule has 0 radical (unpaired) electrons. The van der Waals surface area contributed by atoms with E-state index in [1.165, 1.54) is 28.3 Å². The summed E-state index contributed by atoms with van der Waals surface area (Å²) in [5.41, 5.74) is 2.42. The zero-order valence-corrected chi connectivity index (χ0v) is 24.2. The van der Waals surface area contributed by atoms with E-state index >= 15 is 0 Å². The maximum absolute atomic E-state index is 13.1. The zero-order chi connectivity index (χ0) is 28.9. The topological polar surface area (TPSA) is 129 Å². The van der Waals surface area contributed by atoms with Gasteiger partial charge in [-0.15, -0.1) is 0 Å². The number of aryl methyl sites for hydroxylation is 2. The van der Waals surface area contributed by atoms with E-state index in [0.29, 0.717) is 52.0 Å². The Morgan fingerprint density at radius 3 is 2.41 bits per heavy atom. The van der Waals surface area contributed by atoms with E-state index in [4.69, 9.17) is 21.1 Å². The molecule has 3 rings (SSSR count). The Labute approximate surface area is 233 Å². The van der Waals surface area contributed by atoms with Crippen molar-refractivity contribution in [2.24, 2.45) is 4.99 Å². The molecule has 13 heteroatoms. The molecule has 212 valence electrons. The van der Waals surface area contributed by atoms with E-state index < -0.39 is 16.1 Å². The number of amidine groups is 1. The number of methoxy groups -OCH3 is 1. The lowest BCUT2D eigenvalue weighted by Gasteiger charge is -2.21. The molecular weight excluding hydrogens is 548 g/mol. The van der Waals surface area contributed by atoms with Crippen LogP contribution in [-0.4, -0.2) is 99.5 Å². The van der Waals surface area contributed by atoms with Gasteiger partial charge in [-0.05, 0) is 48.7 Å². The number of hydrogen-bond donors (Lipinski definition) is 1. The molecule has 2 amide bonds. The second kappa shape index (κ2) is 12.8. The fourth-order valence-corrected chi connectivity index (χ4v) is 6.01. The lowest BCUT2D eigenvalue weighted by molar-refractivity contribution is -0.135. The lowest BCUT2D eigenvalue weighted by atomic mass is 10.1. The van der Waals surface area contributed by atoms with Gasteiger partial charge in [-0.25, -0.2) is 13.2 Å². The van der Waals surface area contributed by atoms with Crippen LogP contribution in [0.3, 0.4) is 0 Å². The van der Waals surface area contributed by atoms with Crippen molar-refractivity contribution in [1.29, 1.82) is 0 Å². The highest BCUT2D eigenvalue weighted by atomic mass is 35.5. The molecule has 1 aliphatic rings. The molecule has 0 atom stereocenters. The van der Waals surface area contributed by atoms with E-state index in [2.05, 4.69) is 4.99 Å². The van der Waals surface area contributed by atoms with Crippen LogP contribution in [0.2, 0.25) is 5.02 Å². The highest BCUT2D eigenvalue weighted by molar-refractivity contribution is 7.89. The quantitative estimate of drug-likeness (QED) is 0.404. The SMILES string of the molecule is COc1cc(C)c(S(=O)(=O)N(C)CCOCC(=O)N(C)Cc2ccc(C3=NCCN3C(=O)O)cc2Cl)c(C)c1. The molecule has 1 aliphatic heterocycles. The van der Waals surface area contributed by atoms with Crippen LogP contribution in [0, 0.1) is 13.8 Å². The van der Waals surface area contributed by atoms with Crippen LogP contribution in [0.25, 0.3) is 0 Å². The number of sulfonamides is 1. The first-order valence-electron chi connectivity index (χ1n) is 12.1. The normalized spacial score (nSPS) is 13.5. The summed E-state index contributed by atoms with van der Waals surface area (Å²) in [6.07, 6.45) is -1.08. The third kappa shape index (κ3) is 7.07. The van der Waals surface area contributed by atoms with Crippen molar-refractivity contribution in [3.63, 3.8) is 0 Å². The minimum absolute atomic E-state index is 0.0290. The minimum Gasteiger partial charge on any atom is -0.497 e. The Morgan fingerprint density at radius 1 is 1.15 bits per heavy atom. The fraction of sp³-hybridized carbons (Fsp3) is 0.423. The van der Waals surface area contributed by atoms with Gasteiger partial charge in [0.05, 0.1) is 31.7 Å². The molecule has 0 aromatic heterocycles. The summed E-state index contributed by atoms with van der Waals surface area (Å²) in [5, 5.41) is 9.70. The zero-order valence-electron chi connectivity index (χ0n) is 22.6. The number of carbonyl (C=O) groups excluding carboxylic acids is 1. The van der Waals surface area contributed by atoms with Crippen LogP contribution < -0.4 is 4.74 Å². The largest absolute Gasteiger partial charge is 0.497 e. The van der Waals surface area contributed by atoms with Crippen molar-refractivity contribution in [1.82, 2.24) is 14.1 Å². The van der Waals surface area contributed by atoms with Crippen molar-refractivity contribution in [3.8, 4) is 5.75 Å². The highest BCUT2D eigenvalue weighted by Gasteiger charge is 2.26. The molecule has 39 heavy (non-hydrogen) atoms. The van der Waals surface area contributed by atoms with Crippen LogP contribution in [-0.2, 0) is 26.1 Å². The second-order valence-corrected chi connectivity index (χ2v) is 11.6. The summed E-state index contributed by atoms with van der Waals surface area (Å²) < 4.78 is 38.1. The summed E-state index contributed by atoms with van der Waals surface area (Å²) in [6, 6.07) is 8.43. The van der Waals surface area contributed by atoms with Crippen LogP contribution >= 0.6 is 11.6 Å². The summed E-state index contributed by atoms with van der Waals surface area (Å²) in [4.78, 5) is 31.1. The molecule has 0 fully saturated rings. The first-order valence-corrected chi connectivity index (χ1v) is 14.0. The predicted octanol–water partition coefficient (Wildman–Crippen LogP) is 3.00. The molecule has 0 saturated heterocycles. The summed E-state index contributed by atoms with van der Waals surface area (Å²) in [6.45, 7) is 4.19. The van der Waals surface area contributed by atoms with Crippen LogP contribution in [0.4, 0.5) is 4.79 Å².